The molecule has 0 spiro atoms. The van der Waals surface area contributed by atoms with Crippen LogP contribution in [0.3, 0.4) is 0 Å². The summed E-state index contributed by atoms with van der Waals surface area (Å²) in [6.45, 7) is 0.775. The van der Waals surface area contributed by atoms with Gasteiger partial charge < -0.3 is 0 Å². The Morgan fingerprint density at radius 2 is 1.68 bits per heavy atom. The SMILES string of the molecule is CC(F)(F)c1cnc(-c2ccn3c(-c4cccc(CC(=O)CCC(F)(F)F)c4)cnc3c2)nc1. The van der Waals surface area contributed by atoms with Gasteiger partial charge in [-0.15, -0.1) is 0 Å². The molecule has 0 atom stereocenters. The molecule has 0 fully saturated rings. The molecule has 1 aromatic carbocycles. The van der Waals surface area contributed by atoms with Gasteiger partial charge in [-0.2, -0.15) is 13.2 Å². The molecule has 0 N–H and O–H groups in total. The summed E-state index contributed by atoms with van der Waals surface area (Å²) in [5.41, 5.74) is 2.95. The maximum absolute atomic E-state index is 13.4. The number of fused-ring (bicyclic) bond motifs is 1. The molecule has 0 aliphatic heterocycles. The zero-order valence-corrected chi connectivity index (χ0v) is 18.0. The van der Waals surface area contributed by atoms with Crippen LogP contribution in [0.15, 0.2) is 61.2 Å². The highest BCUT2D eigenvalue weighted by Crippen LogP contribution is 2.28. The van der Waals surface area contributed by atoms with Crippen molar-refractivity contribution in [1.29, 1.82) is 0 Å². The quantitative estimate of drug-likeness (QED) is 0.307. The number of imidazole rings is 1. The van der Waals surface area contributed by atoms with Crippen LogP contribution in [0.4, 0.5) is 22.0 Å². The third-order valence-electron chi connectivity index (χ3n) is 5.24. The second-order valence-corrected chi connectivity index (χ2v) is 8.00. The number of carbonyl (C=O) groups is 1. The van der Waals surface area contributed by atoms with E-state index >= 15 is 0 Å². The van der Waals surface area contributed by atoms with Gasteiger partial charge in [0.05, 0.1) is 23.9 Å². The monoisotopic (exact) mass is 474 g/mol. The van der Waals surface area contributed by atoms with Gasteiger partial charge in [-0.05, 0) is 23.8 Å². The van der Waals surface area contributed by atoms with Crippen LogP contribution in [-0.4, -0.2) is 31.3 Å². The molecule has 0 saturated heterocycles. The van der Waals surface area contributed by atoms with Crippen molar-refractivity contribution in [2.24, 2.45) is 0 Å². The Kier molecular flexibility index (Phi) is 6.16. The lowest BCUT2D eigenvalue weighted by atomic mass is 10.0. The van der Waals surface area contributed by atoms with Crippen LogP contribution in [0.5, 0.6) is 0 Å². The number of aromatic nitrogens is 4. The minimum atomic E-state index is -4.36. The lowest BCUT2D eigenvalue weighted by Crippen LogP contribution is -2.12. The third kappa shape index (κ3) is 5.44. The number of hydrogen-bond acceptors (Lipinski definition) is 4. The molecular formula is C24H19F5N4O. The summed E-state index contributed by atoms with van der Waals surface area (Å²) in [5, 5.41) is 0. The maximum Gasteiger partial charge on any atom is 0.389 e. The molecule has 4 aromatic rings. The molecule has 3 heterocycles. The van der Waals surface area contributed by atoms with E-state index in [1.54, 1.807) is 47.1 Å². The highest BCUT2D eigenvalue weighted by atomic mass is 19.4. The van der Waals surface area contributed by atoms with E-state index in [0.717, 1.165) is 24.9 Å². The highest BCUT2D eigenvalue weighted by Gasteiger charge is 2.28. The average molecular weight is 474 g/mol. The average Bonchev–Trinajstić information content (AvgIpc) is 3.20. The van der Waals surface area contributed by atoms with Gasteiger partial charge in [0.15, 0.2) is 5.82 Å². The van der Waals surface area contributed by atoms with E-state index in [9.17, 15) is 26.7 Å². The summed E-state index contributed by atoms with van der Waals surface area (Å²) < 4.78 is 65.6. The Bertz CT molecular complexity index is 1320. The summed E-state index contributed by atoms with van der Waals surface area (Å²) in [4.78, 5) is 24.4. The number of nitrogens with zero attached hydrogens (tertiary/aromatic N) is 4. The van der Waals surface area contributed by atoms with Gasteiger partial charge in [0.25, 0.3) is 5.92 Å². The molecule has 5 nitrogen and oxygen atoms in total. The summed E-state index contributed by atoms with van der Waals surface area (Å²) >= 11 is 0. The van der Waals surface area contributed by atoms with Crippen LogP contribution >= 0.6 is 0 Å². The van der Waals surface area contributed by atoms with Crippen molar-refractivity contribution in [2.75, 3.05) is 0 Å². The predicted octanol–water partition coefficient (Wildman–Crippen LogP) is 6.02. The molecule has 0 amide bonds. The second-order valence-electron chi connectivity index (χ2n) is 8.00. The predicted molar refractivity (Wildman–Crippen MR) is 115 cm³/mol. The molecule has 0 aliphatic carbocycles. The van der Waals surface area contributed by atoms with Crippen molar-refractivity contribution in [2.45, 2.75) is 38.3 Å². The van der Waals surface area contributed by atoms with Gasteiger partial charge in [-0.3, -0.25) is 9.20 Å². The number of alkyl halides is 5. The lowest BCUT2D eigenvalue weighted by molar-refractivity contribution is -0.143. The maximum atomic E-state index is 13.4. The van der Waals surface area contributed by atoms with Crippen LogP contribution in [0.1, 0.15) is 30.9 Å². The molecule has 0 unspecified atom stereocenters. The van der Waals surface area contributed by atoms with Crippen molar-refractivity contribution in [1.82, 2.24) is 19.4 Å². The van der Waals surface area contributed by atoms with Gasteiger partial charge in [0, 0.05) is 49.5 Å². The van der Waals surface area contributed by atoms with Crippen LogP contribution in [-0.2, 0) is 17.1 Å². The fourth-order valence-corrected chi connectivity index (χ4v) is 3.47. The van der Waals surface area contributed by atoms with E-state index in [0.29, 0.717) is 22.5 Å². The van der Waals surface area contributed by atoms with Crippen molar-refractivity contribution in [3.63, 3.8) is 0 Å². The largest absolute Gasteiger partial charge is 0.389 e. The fraction of sp³-hybridized carbons (Fsp3) is 0.250. The molecular weight excluding hydrogens is 455 g/mol. The van der Waals surface area contributed by atoms with E-state index in [1.807, 2.05) is 6.07 Å². The first-order chi connectivity index (χ1) is 16.0. The number of ketones is 1. The minimum absolute atomic E-state index is 0.0883. The summed E-state index contributed by atoms with van der Waals surface area (Å²) in [7, 11) is 0. The molecule has 0 bridgehead atoms. The molecule has 34 heavy (non-hydrogen) atoms. The first-order valence-electron chi connectivity index (χ1n) is 10.4. The van der Waals surface area contributed by atoms with Gasteiger partial charge in [0.2, 0.25) is 0 Å². The number of pyridine rings is 1. The fourth-order valence-electron chi connectivity index (χ4n) is 3.47. The van der Waals surface area contributed by atoms with Crippen molar-refractivity contribution < 1.29 is 26.7 Å². The Morgan fingerprint density at radius 1 is 0.941 bits per heavy atom. The zero-order valence-electron chi connectivity index (χ0n) is 18.0. The minimum Gasteiger partial charge on any atom is -0.300 e. The van der Waals surface area contributed by atoms with Crippen LogP contribution in [0.2, 0.25) is 0 Å². The summed E-state index contributed by atoms with van der Waals surface area (Å²) in [6, 6.07) is 10.4. The Morgan fingerprint density at radius 3 is 2.35 bits per heavy atom. The Labute approximate surface area is 191 Å². The highest BCUT2D eigenvalue weighted by molar-refractivity contribution is 5.81. The number of hydrogen-bond donors (Lipinski definition) is 0. The number of benzene rings is 1. The number of Topliss-reactive ketones (excluding diaryl/α,β-unsaturated/α-hetero) is 1. The number of carbonyl (C=O) groups excluding carboxylic acids is 1. The molecule has 4 rings (SSSR count). The topological polar surface area (TPSA) is 60.2 Å². The van der Waals surface area contributed by atoms with E-state index in [4.69, 9.17) is 0 Å². The Balaban J connectivity index is 1.56. The molecule has 3 aromatic heterocycles. The zero-order chi connectivity index (χ0) is 24.5. The van der Waals surface area contributed by atoms with Crippen LogP contribution in [0.25, 0.3) is 28.3 Å². The van der Waals surface area contributed by atoms with Gasteiger partial charge >= 0.3 is 6.18 Å². The standard InChI is InChI=1S/C24H19F5N4O/c1-23(25,26)18-12-31-22(32-13-18)17-6-8-33-20(14-30-21(33)11-17)16-4-2-3-15(9-16)10-19(34)5-7-24(27,28)29/h2-4,6,8-9,11-14H,5,7,10H2,1H3. The molecule has 0 saturated carbocycles. The van der Waals surface area contributed by atoms with E-state index in [-0.39, 0.29) is 17.8 Å². The third-order valence-corrected chi connectivity index (χ3v) is 5.24. The van der Waals surface area contributed by atoms with E-state index in [2.05, 4.69) is 15.0 Å². The first-order valence-corrected chi connectivity index (χ1v) is 10.4. The van der Waals surface area contributed by atoms with Crippen LogP contribution in [0, 0.1) is 0 Å². The first kappa shape index (κ1) is 23.5. The molecule has 0 radical (unpaired) electrons. The van der Waals surface area contributed by atoms with E-state index in [1.165, 1.54) is 0 Å². The summed E-state index contributed by atoms with van der Waals surface area (Å²) in [5.74, 6) is -3.23. The second kappa shape index (κ2) is 8.92. The van der Waals surface area contributed by atoms with E-state index < -0.39 is 30.7 Å². The lowest BCUT2D eigenvalue weighted by Gasteiger charge is -2.10. The molecule has 10 heteroatoms. The summed E-state index contributed by atoms with van der Waals surface area (Å²) in [6.07, 6.45) is -0.587. The van der Waals surface area contributed by atoms with Crippen molar-refractivity contribution >= 4 is 11.4 Å². The Hall–Kier alpha value is -3.69. The number of rotatable bonds is 7. The molecule has 176 valence electrons. The normalized spacial score (nSPS) is 12.3. The van der Waals surface area contributed by atoms with Crippen molar-refractivity contribution in [3.05, 3.63) is 72.3 Å². The van der Waals surface area contributed by atoms with Crippen LogP contribution < -0.4 is 0 Å². The van der Waals surface area contributed by atoms with Gasteiger partial charge in [-0.1, -0.05) is 18.2 Å². The van der Waals surface area contributed by atoms with Gasteiger partial charge in [0.1, 0.15) is 11.4 Å². The van der Waals surface area contributed by atoms with Crippen molar-refractivity contribution in [3.8, 4) is 22.6 Å². The number of halogens is 5. The molecule has 0 aliphatic rings. The smallest absolute Gasteiger partial charge is 0.300 e. The van der Waals surface area contributed by atoms with Gasteiger partial charge in [-0.25, -0.2) is 23.7 Å².